The van der Waals surface area contributed by atoms with E-state index in [-0.39, 0.29) is 18.9 Å². The summed E-state index contributed by atoms with van der Waals surface area (Å²) >= 11 is 0. The average molecular weight is 233 g/mol. The molecule has 0 amide bonds. The number of aromatic hydroxyl groups is 5. The van der Waals surface area contributed by atoms with E-state index in [1.807, 2.05) is 5.92 Å². The van der Waals surface area contributed by atoms with Crippen LogP contribution in [0.4, 0.5) is 0 Å². The second kappa shape index (κ2) is 5.26. The van der Waals surface area contributed by atoms with Gasteiger partial charge in [-0.1, -0.05) is 0 Å². The largest absolute Gasteiger partial charge is 0.503 e. The molecule has 17 heavy (non-hydrogen) atoms. The van der Waals surface area contributed by atoms with Crippen LogP contribution in [0.2, 0.25) is 0 Å². The Bertz CT molecular complexity index is 497. The summed E-state index contributed by atoms with van der Waals surface area (Å²) < 4.78 is 0. The number of aliphatic carboxylic acids is 1. The molecule has 0 fully saturated rings. The Morgan fingerprint density at radius 2 is 1.18 bits per heavy atom. The summed E-state index contributed by atoms with van der Waals surface area (Å²) in [5.74, 6) is -3.56. The number of carboxylic acid groups (broad SMARTS) is 1. The normalized spacial score (nSPS) is 8.71. The molecule has 1 rings (SSSR count). The van der Waals surface area contributed by atoms with Gasteiger partial charge in [0, 0.05) is 24.8 Å². The van der Waals surface area contributed by atoms with Crippen molar-refractivity contribution in [3.05, 3.63) is 5.56 Å². The maximum atomic E-state index is 10.1. The third kappa shape index (κ3) is 2.70. The molecule has 0 aromatic heterocycles. The molecule has 0 unspecified atom stereocenters. The molecule has 0 aliphatic rings. The number of hydrogen-bond donors (Lipinski definition) is 6. The molecule has 0 spiro atoms. The van der Waals surface area contributed by atoms with E-state index < -0.39 is 40.3 Å². The average Bonchev–Trinajstić information content (AvgIpc) is 2.23. The zero-order valence-corrected chi connectivity index (χ0v) is 8.59. The molecule has 8 heteroatoms. The van der Waals surface area contributed by atoms with Gasteiger partial charge in [-0.05, 0) is 5.92 Å². The predicted molar refractivity (Wildman–Crippen MR) is 55.0 cm³/mol. The zero-order chi connectivity index (χ0) is 12.5. The summed E-state index contributed by atoms with van der Waals surface area (Å²) in [4.78, 5) is 10.1. The minimum atomic E-state index is -1.54. The van der Waals surface area contributed by atoms with Gasteiger partial charge in [-0.15, -0.1) is 0 Å². The van der Waals surface area contributed by atoms with Gasteiger partial charge in [-0.3, -0.25) is 0 Å². The van der Waals surface area contributed by atoms with Crippen LogP contribution in [-0.4, -0.2) is 55.5 Å². The van der Waals surface area contributed by atoms with Crippen molar-refractivity contribution >= 4 is 24.8 Å². The second-order valence-electron chi connectivity index (χ2n) is 2.67. The van der Waals surface area contributed by atoms with Crippen LogP contribution >= 0.6 is 0 Å². The third-order valence-corrected chi connectivity index (χ3v) is 1.67. The summed E-state index contributed by atoms with van der Waals surface area (Å²) in [6, 6.07) is 0. The van der Waals surface area contributed by atoms with Crippen LogP contribution in [0.3, 0.4) is 0 Å². The fraction of sp³-hybridized carbons (Fsp3) is 0. The first-order valence-corrected chi connectivity index (χ1v) is 3.80. The predicted octanol–water partition coefficient (Wildman–Crippen LogP) is -0.730. The van der Waals surface area contributed by atoms with E-state index in [2.05, 4.69) is 0 Å². The molecule has 6 N–H and O–H groups in total. The van der Waals surface area contributed by atoms with Crippen LogP contribution in [0, 0.1) is 11.8 Å². The Balaban J connectivity index is 0.00000256. The summed E-state index contributed by atoms with van der Waals surface area (Å²) in [5, 5.41) is 53.8. The van der Waals surface area contributed by atoms with E-state index in [0.29, 0.717) is 0 Å². The van der Waals surface area contributed by atoms with E-state index in [1.54, 1.807) is 5.92 Å². The molecule has 0 saturated heterocycles. The molecule has 0 bridgehead atoms. The van der Waals surface area contributed by atoms with Gasteiger partial charge in [0.25, 0.3) is 0 Å². The van der Waals surface area contributed by atoms with Gasteiger partial charge in [0.1, 0.15) is 5.56 Å². The fourth-order valence-electron chi connectivity index (χ4n) is 0.920. The Morgan fingerprint density at radius 3 is 1.53 bits per heavy atom. The maximum Gasteiger partial charge on any atom is 0.382 e. The van der Waals surface area contributed by atoms with Crippen LogP contribution < -0.4 is 0 Å². The smallest absolute Gasteiger partial charge is 0.382 e. The number of hydrogen-bond acceptors (Lipinski definition) is 6. The Labute approximate surface area is 107 Å². The minimum absolute atomic E-state index is 0. The number of benzene rings is 1. The monoisotopic (exact) mass is 233 g/mol. The Kier molecular flexibility index (Phi) is 4.59. The number of rotatable bonds is 0. The van der Waals surface area contributed by atoms with Crippen molar-refractivity contribution < 1.29 is 35.4 Å². The van der Waals surface area contributed by atoms with Crippen molar-refractivity contribution in [2.45, 2.75) is 0 Å². The van der Waals surface area contributed by atoms with Crippen LogP contribution in [0.25, 0.3) is 0 Å². The maximum absolute atomic E-state index is 10.1. The molecule has 1 aromatic rings. The Hall–Kier alpha value is -2.15. The molecule has 1 aromatic carbocycles. The topological polar surface area (TPSA) is 138 Å². The van der Waals surface area contributed by atoms with Crippen molar-refractivity contribution in [3.63, 3.8) is 0 Å². The van der Waals surface area contributed by atoms with E-state index in [9.17, 15) is 15.0 Å². The molecule has 0 heterocycles. The molecule has 0 aliphatic heterocycles. The zero-order valence-electron chi connectivity index (χ0n) is 8.59. The first kappa shape index (κ1) is 14.8. The second-order valence-corrected chi connectivity index (χ2v) is 2.67. The van der Waals surface area contributed by atoms with Crippen molar-refractivity contribution in [2.24, 2.45) is 0 Å². The van der Waals surface area contributed by atoms with Crippen molar-refractivity contribution in [1.29, 1.82) is 0 Å². The molecule has 0 saturated carbocycles. The van der Waals surface area contributed by atoms with Gasteiger partial charge in [0.05, 0.1) is 0 Å². The van der Waals surface area contributed by atoms with E-state index >= 15 is 0 Å². The summed E-state index contributed by atoms with van der Waals surface area (Å²) in [5.41, 5.74) is -0.699. The number of phenols is 5. The van der Waals surface area contributed by atoms with Gasteiger partial charge < -0.3 is 30.6 Å². The van der Waals surface area contributed by atoms with Crippen molar-refractivity contribution in [2.75, 3.05) is 0 Å². The van der Waals surface area contributed by atoms with Crippen LogP contribution in [0.5, 0.6) is 28.7 Å². The molecule has 1 radical (unpaired) electrons. The molecule has 7 nitrogen and oxygen atoms in total. The molecule has 0 atom stereocenters. The van der Waals surface area contributed by atoms with E-state index in [1.165, 1.54) is 0 Å². The van der Waals surface area contributed by atoms with Crippen LogP contribution in [0.1, 0.15) is 5.56 Å². The van der Waals surface area contributed by atoms with Gasteiger partial charge in [0.15, 0.2) is 11.5 Å². The first-order valence-electron chi connectivity index (χ1n) is 3.80. The fourth-order valence-corrected chi connectivity index (χ4v) is 0.920. The third-order valence-electron chi connectivity index (χ3n) is 1.67. The molecule has 0 aliphatic carbocycles. The van der Waals surface area contributed by atoms with Crippen molar-refractivity contribution in [3.8, 4) is 40.6 Å². The first-order chi connectivity index (χ1) is 7.36. The van der Waals surface area contributed by atoms with E-state index in [0.717, 1.165) is 0 Å². The summed E-state index contributed by atoms with van der Waals surface area (Å²) in [7, 11) is 0. The quantitative estimate of drug-likeness (QED) is 0.150. The van der Waals surface area contributed by atoms with Crippen LogP contribution in [0.15, 0.2) is 0 Å². The molecule has 85 valence electrons. The van der Waals surface area contributed by atoms with Gasteiger partial charge >= 0.3 is 5.97 Å². The molecular weight excluding hydrogens is 227 g/mol. The van der Waals surface area contributed by atoms with Crippen LogP contribution in [-0.2, 0) is 4.79 Å². The van der Waals surface area contributed by atoms with Crippen molar-refractivity contribution in [1.82, 2.24) is 0 Å². The SMILES string of the molecule is O=C(O)C#Cc1c(O)c(O)c(O)c(O)c1O.[Li]. The number of phenolic OH excluding ortho intramolecular Hbond substituents is 5. The van der Waals surface area contributed by atoms with Gasteiger partial charge in [-0.25, -0.2) is 4.79 Å². The Morgan fingerprint density at radius 1 is 0.824 bits per heavy atom. The summed E-state index contributed by atoms with van der Waals surface area (Å²) in [6.45, 7) is 0. The number of carboxylic acids is 1. The summed E-state index contributed by atoms with van der Waals surface area (Å²) in [6.07, 6.45) is 0. The van der Waals surface area contributed by atoms with Gasteiger partial charge in [0.2, 0.25) is 17.2 Å². The molecular formula is C9H6LiO7. The standard InChI is InChI=1S/C9H6O7.Li/c10-4(11)2-1-3-5(12)7(14)9(16)8(15)6(3)13;/h12-16H,(H,10,11);. The number of carbonyl (C=O) groups is 1. The minimum Gasteiger partial charge on any atom is -0.503 e. The van der Waals surface area contributed by atoms with Gasteiger partial charge in [-0.2, -0.15) is 0 Å². The van der Waals surface area contributed by atoms with E-state index in [4.69, 9.17) is 20.4 Å².